The monoisotopic (exact) mass is 161 g/mol. The Morgan fingerprint density at radius 2 is 1.60 bits per heavy atom. The molecule has 0 radical (unpaired) electrons. The molecule has 0 saturated carbocycles. The van der Waals surface area contributed by atoms with Gasteiger partial charge in [-0.2, -0.15) is 0 Å². The van der Waals surface area contributed by atoms with Crippen molar-refractivity contribution in [3.63, 3.8) is 0 Å². The van der Waals surface area contributed by atoms with Crippen LogP contribution in [-0.2, 0) is 33.1 Å². The molecule has 5 heavy (non-hydrogen) atoms. The summed E-state index contributed by atoms with van der Waals surface area (Å²) < 4.78 is 0. The van der Waals surface area contributed by atoms with Crippen molar-refractivity contribution in [1.29, 1.82) is 5.26 Å². The van der Waals surface area contributed by atoms with Crippen molar-refractivity contribution in [2.24, 2.45) is 0 Å². The molecule has 0 aromatic carbocycles. The van der Waals surface area contributed by atoms with Gasteiger partial charge in [-0.25, -0.2) is 0 Å². The summed E-state index contributed by atoms with van der Waals surface area (Å²) in [5, 5.41) is 7.24. The minimum absolute atomic E-state index is 0. The second-order valence-corrected chi connectivity index (χ2v) is 0.348. The molecule has 0 atom stereocenters. The second kappa shape index (κ2) is 17.7. The Labute approximate surface area is 72.1 Å². The predicted octanol–water partition coefficient (Wildman–Crippen LogP) is -0.637. The average Bonchev–Trinajstić information content (AvgIpc) is 0.918. The molecule has 0 amide bonds. The first-order chi connectivity index (χ1) is 1.41. The molecule has 26 valence electrons. The van der Waals surface area contributed by atoms with E-state index in [1.807, 2.05) is 0 Å². The fourth-order valence-electron chi connectivity index (χ4n) is 0. The third-order valence-corrected chi connectivity index (χ3v) is 0. The molecule has 0 unspecified atom stereocenters. The van der Waals surface area contributed by atoms with Gasteiger partial charge in [-0.05, 0) is 0 Å². The molecule has 0 N–H and O–H groups in total. The van der Waals surface area contributed by atoms with Crippen molar-refractivity contribution in [2.45, 2.75) is 0 Å². The third-order valence-electron chi connectivity index (χ3n) is 0. The zero-order valence-electron chi connectivity index (χ0n) is 1.68. The van der Waals surface area contributed by atoms with Crippen LogP contribution in [0, 0.1) is 10.2 Å². The first kappa shape index (κ1) is 16.0. The summed E-state index contributed by atoms with van der Waals surface area (Å²) in [5.74, 6) is 0. The molecule has 0 bridgehead atoms. The first-order valence-electron chi connectivity index (χ1n) is 0.413. The molecule has 0 aliphatic rings. The van der Waals surface area contributed by atoms with Gasteiger partial charge in [0.05, 0.1) is 0 Å². The Hall–Kier alpha value is 1.53. The van der Waals surface area contributed by atoms with Gasteiger partial charge in [-0.3, -0.25) is 0 Å². The summed E-state index contributed by atoms with van der Waals surface area (Å²) in [6, 6.07) is 0. The Balaban J connectivity index is -0.0000000200. The van der Waals surface area contributed by atoms with Crippen LogP contribution in [0.15, 0.2) is 0 Å². The maximum atomic E-state index is 7.24. The second-order valence-electron chi connectivity index (χ2n) is 0.0845. The van der Waals surface area contributed by atoms with Crippen molar-refractivity contribution in [1.82, 2.24) is 0 Å². The maximum absolute atomic E-state index is 7.24. The quantitative estimate of drug-likeness (QED) is 0.433. The van der Waals surface area contributed by atoms with Crippen LogP contribution in [0.4, 0.5) is 0 Å². The van der Waals surface area contributed by atoms with Crippen LogP contribution in [0.5, 0.6) is 0 Å². The van der Waals surface area contributed by atoms with Crippen LogP contribution in [-0.4, -0.2) is 29.6 Å². The standard InChI is InChI=1S/CN.Fe.Mn.Na.H/c1-2;;;;. The van der Waals surface area contributed by atoms with E-state index in [9.17, 15) is 0 Å². The summed E-state index contributed by atoms with van der Waals surface area (Å²) in [7, 11) is 0. The van der Waals surface area contributed by atoms with Crippen LogP contribution < -0.4 is 0 Å². The molecule has 1 nitrogen and oxygen atoms in total. The van der Waals surface area contributed by atoms with E-state index >= 15 is 0 Å². The van der Waals surface area contributed by atoms with Gasteiger partial charge in [-0.15, -0.1) is 0 Å². The number of nitrogens with zero attached hydrogens (tertiary/aromatic N) is 1. The number of nitriles is 1. The van der Waals surface area contributed by atoms with Crippen LogP contribution in [0.3, 0.4) is 0 Å². The predicted molar refractivity (Wildman–Crippen MR) is 12.8 cm³/mol. The molecule has 0 aromatic rings. The molecular weight excluding hydrogens is 160 g/mol. The van der Waals surface area contributed by atoms with Gasteiger partial charge in [0.2, 0.25) is 0 Å². The van der Waals surface area contributed by atoms with E-state index in [0.29, 0.717) is 0 Å². The third kappa shape index (κ3) is 29.5. The Bertz CT molecular complexity index is 33.1. The summed E-state index contributed by atoms with van der Waals surface area (Å²) in [4.78, 5) is 1.56. The molecule has 4 heteroatoms. The van der Waals surface area contributed by atoms with E-state index in [-0.39, 0.29) is 46.6 Å². The van der Waals surface area contributed by atoms with Gasteiger partial charge in [0.15, 0.2) is 0 Å². The molecule has 0 heterocycles. The number of hydrogen-bond donors (Lipinski definition) is 0. The van der Waals surface area contributed by atoms with Gasteiger partial charge in [0.1, 0.15) is 0 Å². The van der Waals surface area contributed by atoms with Gasteiger partial charge in [-0.1, -0.05) is 0 Å². The molecule has 0 rings (SSSR count). The zero-order chi connectivity index (χ0) is 2.71. The number of hydrogen-bond acceptors (Lipinski definition) is 1. The van der Waals surface area contributed by atoms with E-state index in [1.165, 1.54) is 0 Å². The minimum atomic E-state index is 0. The van der Waals surface area contributed by atoms with Crippen molar-refractivity contribution in [2.75, 3.05) is 0 Å². The Morgan fingerprint density at radius 3 is 1.60 bits per heavy atom. The van der Waals surface area contributed by atoms with Crippen LogP contribution >= 0.6 is 0 Å². The fraction of sp³-hybridized carbons (Fsp3) is 0. The van der Waals surface area contributed by atoms with Gasteiger partial charge in [0.25, 0.3) is 0 Å². The van der Waals surface area contributed by atoms with Crippen LogP contribution in [0.2, 0.25) is 0 Å². The van der Waals surface area contributed by atoms with E-state index in [0.717, 1.165) is 0 Å². The summed E-state index contributed by atoms with van der Waals surface area (Å²) >= 11 is 2.45. The fourth-order valence-corrected chi connectivity index (χ4v) is 0. The normalized spacial score (nSPS) is 1.60. The molecule has 0 aliphatic carbocycles. The topological polar surface area (TPSA) is 23.8 Å². The summed E-state index contributed by atoms with van der Waals surface area (Å²) in [5.41, 5.74) is 0. The first-order valence-corrected chi connectivity index (χ1v) is 1.00. The zero-order valence-corrected chi connectivity index (χ0v) is 3.96. The van der Waals surface area contributed by atoms with Gasteiger partial charge < -0.3 is 0 Å². The van der Waals surface area contributed by atoms with E-state index in [2.05, 4.69) is 16.0 Å². The van der Waals surface area contributed by atoms with Gasteiger partial charge in [0, 0.05) is 17.1 Å². The van der Waals surface area contributed by atoms with Crippen LogP contribution in [0.1, 0.15) is 0 Å². The molecule has 0 aliphatic heterocycles. The van der Waals surface area contributed by atoms with E-state index in [4.69, 9.17) is 5.26 Å². The Morgan fingerprint density at radius 1 is 1.60 bits per heavy atom. The average molecular weight is 161 g/mol. The van der Waals surface area contributed by atoms with Crippen molar-refractivity contribution >= 4 is 29.6 Å². The summed E-state index contributed by atoms with van der Waals surface area (Å²) in [6.07, 6.45) is 0. The van der Waals surface area contributed by atoms with E-state index in [1.54, 1.807) is 4.97 Å². The van der Waals surface area contributed by atoms with Crippen molar-refractivity contribution in [3.8, 4) is 4.97 Å². The van der Waals surface area contributed by atoms with Crippen molar-refractivity contribution < 1.29 is 33.1 Å². The number of rotatable bonds is 0. The SMILES string of the molecule is N#[C][Mn].[Fe].[NaH]. The summed E-state index contributed by atoms with van der Waals surface area (Å²) in [6.45, 7) is 0. The molecule has 0 spiro atoms. The molecule has 0 fully saturated rings. The molecule has 0 aromatic heterocycles. The molecule has 0 saturated heterocycles. The van der Waals surface area contributed by atoms with Crippen LogP contribution in [0.25, 0.3) is 0 Å². The van der Waals surface area contributed by atoms with Crippen molar-refractivity contribution in [3.05, 3.63) is 0 Å². The van der Waals surface area contributed by atoms with E-state index < -0.39 is 0 Å². The Kier molecular flexibility index (Phi) is 56.8. The molecular formula is CHFeMnNNa. The van der Waals surface area contributed by atoms with Gasteiger partial charge >= 0.3 is 55.8 Å².